The zero-order valence-corrected chi connectivity index (χ0v) is 18.5. The second kappa shape index (κ2) is 8.57. The molecule has 0 amide bonds. The van der Waals surface area contributed by atoms with Gasteiger partial charge >= 0.3 is 0 Å². The quantitative estimate of drug-likeness (QED) is 0.295. The fourth-order valence-corrected chi connectivity index (χ4v) is 8.72. The zero-order chi connectivity index (χ0) is 20.3. The summed E-state index contributed by atoms with van der Waals surface area (Å²) in [6, 6.07) is 30.2. The van der Waals surface area contributed by atoms with Gasteiger partial charge in [0.15, 0.2) is 0 Å². The van der Waals surface area contributed by atoms with Crippen LogP contribution in [-0.4, -0.2) is 34.7 Å². The van der Waals surface area contributed by atoms with E-state index < -0.39 is 18.8 Å². The Morgan fingerprint density at radius 3 is 1.59 bits per heavy atom. The smallest absolute Gasteiger partial charge is 0.144 e. The van der Waals surface area contributed by atoms with Crippen molar-refractivity contribution < 1.29 is 14.4 Å². The Labute approximate surface area is 180 Å². The minimum Gasteiger partial charge on any atom is -0.391 e. The second-order valence-corrected chi connectivity index (χ2v) is 11.8. The molecule has 1 fully saturated rings. The maximum absolute atomic E-state index is 13.5. The Hall–Kier alpha value is -1.71. The first-order valence-electron chi connectivity index (χ1n) is 9.73. The van der Waals surface area contributed by atoms with Gasteiger partial charge in [-0.1, -0.05) is 107 Å². The average Bonchev–Trinajstić information content (AvgIpc) is 3.03. The van der Waals surface area contributed by atoms with Crippen molar-refractivity contribution in [1.29, 1.82) is 0 Å². The van der Waals surface area contributed by atoms with E-state index in [4.69, 9.17) is 4.74 Å². The number of aliphatic hydroxyl groups is 1. The third kappa shape index (κ3) is 4.13. The third-order valence-corrected chi connectivity index (χ3v) is 9.63. The lowest BCUT2D eigenvalue weighted by Gasteiger charge is -2.36. The van der Waals surface area contributed by atoms with E-state index in [0.29, 0.717) is 6.16 Å². The standard InChI is InChI=1S/C24H24BrO3P/c25-22-16-29(27,17-23(22)26)18-28-24(19-10-4-1-5-11-19,20-12-6-2-7-13-20)21-14-8-3-9-15-21/h1-15,22-23,26H,16-18H2/t22-,23-,29-/m0/s1. The topological polar surface area (TPSA) is 46.5 Å². The summed E-state index contributed by atoms with van der Waals surface area (Å²) in [5.41, 5.74) is 2.08. The number of benzene rings is 3. The molecule has 1 N–H and O–H groups in total. The molecule has 0 radical (unpaired) electrons. The Bertz CT molecular complexity index is 868. The third-order valence-electron chi connectivity index (χ3n) is 5.50. The average molecular weight is 471 g/mol. The summed E-state index contributed by atoms with van der Waals surface area (Å²) in [6.45, 7) is 0. The summed E-state index contributed by atoms with van der Waals surface area (Å²) in [4.78, 5) is -0.142. The van der Waals surface area contributed by atoms with Crippen molar-refractivity contribution in [1.82, 2.24) is 0 Å². The number of ether oxygens (including phenoxy) is 1. The maximum atomic E-state index is 13.5. The molecule has 3 nitrogen and oxygen atoms in total. The Morgan fingerprint density at radius 2 is 1.24 bits per heavy atom. The van der Waals surface area contributed by atoms with Crippen molar-refractivity contribution in [3.63, 3.8) is 0 Å². The molecule has 0 aliphatic carbocycles. The molecule has 0 saturated carbocycles. The van der Waals surface area contributed by atoms with Crippen LogP contribution >= 0.6 is 23.1 Å². The number of halogens is 1. The van der Waals surface area contributed by atoms with Gasteiger partial charge in [-0.15, -0.1) is 0 Å². The van der Waals surface area contributed by atoms with E-state index in [9.17, 15) is 9.67 Å². The summed E-state index contributed by atoms with van der Waals surface area (Å²) in [5, 5.41) is 10.1. The van der Waals surface area contributed by atoms with Crippen LogP contribution < -0.4 is 0 Å². The molecular formula is C24H24BrO3P. The SMILES string of the molecule is O=[P@]1(COC(c2ccccc2)(c2ccccc2)c2ccccc2)C[C@H](O)[C@@H](Br)C1. The van der Waals surface area contributed by atoms with Crippen molar-refractivity contribution in [2.45, 2.75) is 16.5 Å². The highest BCUT2D eigenvalue weighted by Crippen LogP contribution is 2.56. The summed E-state index contributed by atoms with van der Waals surface area (Å²) in [7, 11) is -2.66. The van der Waals surface area contributed by atoms with Gasteiger partial charge in [0.05, 0.1) is 6.10 Å². The van der Waals surface area contributed by atoms with Gasteiger partial charge in [-0.25, -0.2) is 0 Å². The molecule has 5 heteroatoms. The van der Waals surface area contributed by atoms with E-state index in [-0.39, 0.29) is 17.3 Å². The van der Waals surface area contributed by atoms with Crippen molar-refractivity contribution in [3.8, 4) is 0 Å². The van der Waals surface area contributed by atoms with Crippen LogP contribution in [0.5, 0.6) is 0 Å². The molecule has 4 rings (SSSR count). The fraction of sp³-hybridized carbons (Fsp3) is 0.250. The number of alkyl halides is 1. The summed E-state index contributed by atoms with van der Waals surface area (Å²) in [6.07, 6.45) is 0.258. The molecule has 3 aromatic carbocycles. The normalized spacial score (nSPS) is 24.5. The molecule has 29 heavy (non-hydrogen) atoms. The first-order chi connectivity index (χ1) is 14.0. The van der Waals surface area contributed by atoms with Gasteiger partial charge in [-0.2, -0.15) is 0 Å². The van der Waals surface area contributed by atoms with Gasteiger partial charge < -0.3 is 14.4 Å². The van der Waals surface area contributed by atoms with E-state index >= 15 is 0 Å². The van der Waals surface area contributed by atoms with Crippen LogP contribution in [0.3, 0.4) is 0 Å². The molecule has 3 aromatic rings. The van der Waals surface area contributed by atoms with Crippen LogP contribution in [0.15, 0.2) is 91.0 Å². The van der Waals surface area contributed by atoms with Crippen LogP contribution in [0.4, 0.5) is 0 Å². The largest absolute Gasteiger partial charge is 0.391 e. The van der Waals surface area contributed by atoms with Crippen molar-refractivity contribution in [2.24, 2.45) is 0 Å². The van der Waals surface area contributed by atoms with Crippen LogP contribution in [0.25, 0.3) is 0 Å². The van der Waals surface area contributed by atoms with Crippen molar-refractivity contribution in [3.05, 3.63) is 108 Å². The molecular weight excluding hydrogens is 447 g/mol. The molecule has 1 saturated heterocycles. The van der Waals surface area contributed by atoms with Gasteiger partial charge in [0, 0.05) is 17.2 Å². The van der Waals surface area contributed by atoms with Crippen molar-refractivity contribution in [2.75, 3.05) is 18.7 Å². The Morgan fingerprint density at radius 1 is 0.828 bits per heavy atom. The predicted octanol–water partition coefficient (Wildman–Crippen LogP) is 5.45. The van der Waals surface area contributed by atoms with E-state index in [1.54, 1.807) is 0 Å². The zero-order valence-electron chi connectivity index (χ0n) is 16.0. The molecule has 0 spiro atoms. The first kappa shape index (κ1) is 20.6. The highest BCUT2D eigenvalue weighted by molar-refractivity contribution is 9.09. The summed E-state index contributed by atoms with van der Waals surface area (Å²) >= 11 is 3.46. The molecule has 3 atom stereocenters. The van der Waals surface area contributed by atoms with Gasteiger partial charge in [-0.05, 0) is 16.7 Å². The fourth-order valence-electron chi connectivity index (χ4n) is 4.06. The van der Waals surface area contributed by atoms with Crippen molar-refractivity contribution >= 4 is 23.1 Å². The van der Waals surface area contributed by atoms with E-state index in [1.807, 2.05) is 91.0 Å². The van der Waals surface area contributed by atoms with Gasteiger partial charge in [-0.3, -0.25) is 0 Å². The lowest BCUT2D eigenvalue weighted by molar-refractivity contribution is 0.0423. The van der Waals surface area contributed by atoms with Crippen LogP contribution in [0.1, 0.15) is 16.7 Å². The summed E-state index contributed by atoms with van der Waals surface area (Å²) in [5.74, 6) is 0. The highest BCUT2D eigenvalue weighted by Gasteiger charge is 2.44. The Kier molecular flexibility index (Phi) is 6.08. The predicted molar refractivity (Wildman–Crippen MR) is 121 cm³/mol. The van der Waals surface area contributed by atoms with Gasteiger partial charge in [0.25, 0.3) is 0 Å². The lowest BCUT2D eigenvalue weighted by atomic mass is 9.80. The molecule has 0 bridgehead atoms. The van der Waals surface area contributed by atoms with E-state index in [0.717, 1.165) is 16.7 Å². The minimum atomic E-state index is -2.66. The van der Waals surface area contributed by atoms with Crippen LogP contribution in [0.2, 0.25) is 0 Å². The molecule has 0 aromatic heterocycles. The number of hydrogen-bond acceptors (Lipinski definition) is 3. The van der Waals surface area contributed by atoms with Gasteiger partial charge in [0.2, 0.25) is 0 Å². The minimum absolute atomic E-state index is 0.116. The molecule has 1 aliphatic rings. The van der Waals surface area contributed by atoms with Crippen LogP contribution in [-0.2, 0) is 14.9 Å². The number of aliphatic hydroxyl groups excluding tert-OH is 1. The van der Waals surface area contributed by atoms with E-state index in [2.05, 4.69) is 15.9 Å². The molecule has 1 aliphatic heterocycles. The number of hydrogen-bond donors (Lipinski definition) is 1. The van der Waals surface area contributed by atoms with Crippen LogP contribution in [0, 0.1) is 0 Å². The highest BCUT2D eigenvalue weighted by atomic mass is 79.9. The maximum Gasteiger partial charge on any atom is 0.144 e. The first-order valence-corrected chi connectivity index (χ1v) is 12.9. The van der Waals surface area contributed by atoms with E-state index in [1.165, 1.54) is 0 Å². The number of rotatable bonds is 6. The second-order valence-electron chi connectivity index (χ2n) is 7.56. The van der Waals surface area contributed by atoms with Gasteiger partial charge in [0.1, 0.15) is 19.1 Å². The molecule has 1 heterocycles. The molecule has 0 unspecified atom stereocenters. The lowest BCUT2D eigenvalue weighted by Crippen LogP contribution is -2.33. The molecule has 150 valence electrons. The Balaban J connectivity index is 1.83. The summed E-state index contributed by atoms with van der Waals surface area (Å²) < 4.78 is 20.1. The monoisotopic (exact) mass is 470 g/mol.